The first-order chi connectivity index (χ1) is 9.90. The second kappa shape index (κ2) is 6.90. The highest BCUT2D eigenvalue weighted by molar-refractivity contribution is 9.10. The Kier molecular flexibility index (Phi) is 5.41. The van der Waals surface area contributed by atoms with Gasteiger partial charge in [-0.2, -0.15) is 5.10 Å². The number of nitrogens with one attached hydrogen (secondary N) is 1. The summed E-state index contributed by atoms with van der Waals surface area (Å²) in [6.07, 6.45) is 1.69. The van der Waals surface area contributed by atoms with Crippen LogP contribution in [0.1, 0.15) is 30.8 Å². The molecule has 2 aromatic heterocycles. The molecule has 0 aromatic carbocycles. The highest BCUT2D eigenvalue weighted by Crippen LogP contribution is 2.24. The molecule has 21 heavy (non-hydrogen) atoms. The average Bonchev–Trinajstić information content (AvgIpc) is 2.68. The zero-order valence-corrected chi connectivity index (χ0v) is 15.1. The van der Waals surface area contributed by atoms with E-state index in [2.05, 4.69) is 45.2 Å². The Morgan fingerprint density at radius 1 is 1.38 bits per heavy atom. The topological polar surface area (TPSA) is 42.7 Å². The molecule has 1 N–H and O–H groups in total. The fraction of sp³-hybridized carbons (Fsp3) is 0.467. The van der Waals surface area contributed by atoms with Crippen molar-refractivity contribution in [2.24, 2.45) is 5.92 Å². The predicted octanol–water partition coefficient (Wildman–Crippen LogP) is 4.05. The van der Waals surface area contributed by atoms with Gasteiger partial charge in [-0.05, 0) is 53.9 Å². The Hall–Kier alpha value is -0.910. The summed E-state index contributed by atoms with van der Waals surface area (Å²) in [5, 5.41) is 8.58. The summed E-state index contributed by atoms with van der Waals surface area (Å²) in [7, 11) is 0. The molecule has 0 spiro atoms. The molecule has 2 rings (SSSR count). The minimum Gasteiger partial charge on any atom is -0.312 e. The molecule has 0 bridgehead atoms. The Labute approximate surface area is 139 Å². The fourth-order valence-electron chi connectivity index (χ4n) is 2.06. The van der Waals surface area contributed by atoms with Crippen molar-refractivity contribution in [3.8, 4) is 5.82 Å². The van der Waals surface area contributed by atoms with E-state index in [1.807, 2.05) is 24.6 Å². The van der Waals surface area contributed by atoms with Crippen LogP contribution in [0.2, 0.25) is 5.02 Å². The van der Waals surface area contributed by atoms with Gasteiger partial charge in [0.2, 0.25) is 0 Å². The van der Waals surface area contributed by atoms with E-state index in [1.165, 1.54) is 0 Å². The first-order valence-electron chi connectivity index (χ1n) is 6.97. The summed E-state index contributed by atoms with van der Waals surface area (Å²) in [5.74, 6) is 1.39. The van der Waals surface area contributed by atoms with E-state index < -0.39 is 0 Å². The minimum atomic E-state index is 0.608. The lowest BCUT2D eigenvalue weighted by Crippen LogP contribution is -2.19. The van der Waals surface area contributed by atoms with Crippen molar-refractivity contribution >= 4 is 27.5 Å². The maximum atomic E-state index is 6.23. The number of aromatic nitrogens is 3. The SMILES string of the molecule is Cc1nn(-c2cc(CNCC(C)C)c(Cl)cn2)c(C)c1Br. The smallest absolute Gasteiger partial charge is 0.154 e. The summed E-state index contributed by atoms with van der Waals surface area (Å²) in [6, 6.07) is 1.99. The first kappa shape index (κ1) is 16.5. The normalized spacial score (nSPS) is 11.4. The molecule has 0 amide bonds. The van der Waals surface area contributed by atoms with Crippen LogP contribution >= 0.6 is 27.5 Å². The van der Waals surface area contributed by atoms with E-state index in [-0.39, 0.29) is 0 Å². The molecular weight excluding hydrogens is 352 g/mol. The third-order valence-corrected chi connectivity index (χ3v) is 4.70. The highest BCUT2D eigenvalue weighted by Gasteiger charge is 2.12. The molecule has 2 heterocycles. The van der Waals surface area contributed by atoms with Crippen molar-refractivity contribution in [3.63, 3.8) is 0 Å². The van der Waals surface area contributed by atoms with Gasteiger partial charge in [-0.15, -0.1) is 0 Å². The third-order valence-electron chi connectivity index (χ3n) is 3.21. The van der Waals surface area contributed by atoms with E-state index in [0.717, 1.165) is 40.3 Å². The Balaban J connectivity index is 2.27. The van der Waals surface area contributed by atoms with E-state index in [9.17, 15) is 0 Å². The van der Waals surface area contributed by atoms with Gasteiger partial charge >= 0.3 is 0 Å². The van der Waals surface area contributed by atoms with Crippen LogP contribution in [0, 0.1) is 19.8 Å². The molecule has 0 radical (unpaired) electrons. The van der Waals surface area contributed by atoms with Crippen molar-refractivity contribution in [1.29, 1.82) is 0 Å². The lowest BCUT2D eigenvalue weighted by molar-refractivity contribution is 0.552. The molecule has 0 saturated carbocycles. The molecule has 2 aromatic rings. The van der Waals surface area contributed by atoms with Gasteiger partial charge in [0, 0.05) is 12.7 Å². The highest BCUT2D eigenvalue weighted by atomic mass is 79.9. The number of aryl methyl sites for hydroxylation is 1. The maximum absolute atomic E-state index is 6.23. The van der Waals surface area contributed by atoms with E-state index in [4.69, 9.17) is 11.6 Å². The van der Waals surface area contributed by atoms with Crippen molar-refractivity contribution in [2.75, 3.05) is 6.54 Å². The van der Waals surface area contributed by atoms with Gasteiger partial charge in [0.25, 0.3) is 0 Å². The van der Waals surface area contributed by atoms with Gasteiger partial charge in [-0.1, -0.05) is 25.4 Å². The van der Waals surface area contributed by atoms with Crippen molar-refractivity contribution in [3.05, 3.63) is 38.7 Å². The summed E-state index contributed by atoms with van der Waals surface area (Å²) in [4.78, 5) is 4.39. The van der Waals surface area contributed by atoms with Crippen LogP contribution in [-0.4, -0.2) is 21.3 Å². The molecule has 0 atom stereocenters. The fourth-order valence-corrected chi connectivity index (χ4v) is 2.48. The van der Waals surface area contributed by atoms with Crippen LogP contribution in [0.15, 0.2) is 16.7 Å². The molecule has 0 aliphatic rings. The van der Waals surface area contributed by atoms with Crippen LogP contribution in [0.4, 0.5) is 0 Å². The van der Waals surface area contributed by atoms with Crippen LogP contribution in [-0.2, 0) is 6.54 Å². The van der Waals surface area contributed by atoms with Gasteiger partial charge < -0.3 is 5.32 Å². The maximum Gasteiger partial charge on any atom is 0.154 e. The Morgan fingerprint density at radius 3 is 2.67 bits per heavy atom. The molecule has 0 saturated heterocycles. The summed E-state index contributed by atoms with van der Waals surface area (Å²) in [5.41, 5.74) is 3.01. The number of rotatable bonds is 5. The number of nitrogens with zero attached hydrogens (tertiary/aromatic N) is 3. The lowest BCUT2D eigenvalue weighted by Gasteiger charge is -2.11. The molecule has 0 aliphatic carbocycles. The monoisotopic (exact) mass is 370 g/mol. The Bertz CT molecular complexity index is 637. The molecule has 0 fully saturated rings. The number of hydrogen-bond donors (Lipinski definition) is 1. The summed E-state index contributed by atoms with van der Waals surface area (Å²) < 4.78 is 2.85. The van der Waals surface area contributed by atoms with Gasteiger partial charge in [-0.3, -0.25) is 0 Å². The van der Waals surface area contributed by atoms with Crippen LogP contribution in [0.25, 0.3) is 5.82 Å². The average molecular weight is 372 g/mol. The number of halogens is 2. The van der Waals surface area contributed by atoms with Crippen LogP contribution < -0.4 is 5.32 Å². The van der Waals surface area contributed by atoms with Gasteiger partial charge in [0.15, 0.2) is 5.82 Å². The first-order valence-corrected chi connectivity index (χ1v) is 8.14. The van der Waals surface area contributed by atoms with E-state index in [1.54, 1.807) is 6.20 Å². The number of pyridine rings is 1. The van der Waals surface area contributed by atoms with Crippen LogP contribution in [0.3, 0.4) is 0 Å². The molecule has 6 heteroatoms. The predicted molar refractivity (Wildman–Crippen MR) is 90.1 cm³/mol. The molecule has 0 unspecified atom stereocenters. The minimum absolute atomic E-state index is 0.608. The molecule has 0 aliphatic heterocycles. The molecule has 4 nitrogen and oxygen atoms in total. The van der Waals surface area contributed by atoms with Crippen LogP contribution in [0.5, 0.6) is 0 Å². The summed E-state index contributed by atoms with van der Waals surface area (Å²) >= 11 is 9.77. The molecular formula is C15H20BrClN4. The second-order valence-electron chi connectivity index (χ2n) is 5.56. The lowest BCUT2D eigenvalue weighted by atomic mass is 10.2. The summed E-state index contributed by atoms with van der Waals surface area (Å²) in [6.45, 7) is 10.0. The Morgan fingerprint density at radius 2 is 2.10 bits per heavy atom. The molecule has 114 valence electrons. The van der Waals surface area contributed by atoms with Gasteiger partial charge in [-0.25, -0.2) is 9.67 Å². The van der Waals surface area contributed by atoms with Gasteiger partial charge in [0.05, 0.1) is 20.9 Å². The standard InChI is InChI=1S/C15H20BrClN4/c1-9(2)6-18-7-12-5-14(19-8-13(12)17)21-11(4)15(16)10(3)20-21/h5,8-9,18H,6-7H2,1-4H3. The zero-order chi connectivity index (χ0) is 15.6. The van der Waals surface area contributed by atoms with Crippen molar-refractivity contribution in [2.45, 2.75) is 34.2 Å². The zero-order valence-electron chi connectivity index (χ0n) is 12.7. The quantitative estimate of drug-likeness (QED) is 0.862. The van der Waals surface area contributed by atoms with Gasteiger partial charge in [0.1, 0.15) is 0 Å². The van der Waals surface area contributed by atoms with E-state index >= 15 is 0 Å². The number of hydrogen-bond acceptors (Lipinski definition) is 3. The van der Waals surface area contributed by atoms with Crippen molar-refractivity contribution < 1.29 is 0 Å². The van der Waals surface area contributed by atoms with E-state index in [0.29, 0.717) is 10.9 Å². The largest absolute Gasteiger partial charge is 0.312 e. The van der Waals surface area contributed by atoms with Crippen molar-refractivity contribution in [1.82, 2.24) is 20.1 Å². The second-order valence-corrected chi connectivity index (χ2v) is 6.76. The third kappa shape index (κ3) is 3.84.